The number of aliphatic hydroxyl groups excluding tert-OH is 9. The molecule has 1 heterocycles. The number of nitrogens with zero attached hydrogens (tertiary/aromatic N) is 2. The number of aliphatic hydroxyl groups is 9. The molecule has 11 heteroatoms. The van der Waals surface area contributed by atoms with Crippen LogP contribution in [0.4, 0.5) is 0 Å². The average molecular weight is 364 g/mol. The molecule has 0 bridgehead atoms. The van der Waals surface area contributed by atoms with Gasteiger partial charge in [-0.05, 0) is 0 Å². The average Bonchev–Trinajstić information content (AvgIpc) is 2.64. The molecule has 144 valence electrons. The molecule has 0 aliphatic heterocycles. The van der Waals surface area contributed by atoms with Crippen LogP contribution in [0.15, 0.2) is 12.4 Å². The Kier molecular flexibility index (Phi) is 8.71. The smallest absolute Gasteiger partial charge is 0.126 e. The standard InChI is InChI=1S/C14H24N2O9/c17-4-9(20)12(23)8(19)1-6-2-16-7(3-15-6)11(22)14(25)13(24)10(21)5-18/h2-3,8-14,17-25H,1,4-5H2/t8-,9+,10+,11+,12-,13+,14-/m0/s1. The molecule has 0 saturated carbocycles. The predicted octanol–water partition coefficient (Wildman–Crippen LogP) is -4.80. The number of rotatable bonds is 10. The van der Waals surface area contributed by atoms with Crippen LogP contribution >= 0.6 is 0 Å². The van der Waals surface area contributed by atoms with Crippen molar-refractivity contribution in [2.24, 2.45) is 0 Å². The molecule has 0 aromatic carbocycles. The quantitative estimate of drug-likeness (QED) is 0.192. The highest BCUT2D eigenvalue weighted by molar-refractivity contribution is 5.08. The SMILES string of the molecule is OC[C@@H](O)[C@@H](O)[C@@H](O)Cc1cnc([C@@H](O)[C@H](O)[C@H](O)[C@H](O)CO)cn1. The van der Waals surface area contributed by atoms with Crippen molar-refractivity contribution in [3.63, 3.8) is 0 Å². The van der Waals surface area contributed by atoms with Crippen molar-refractivity contribution in [2.75, 3.05) is 13.2 Å². The van der Waals surface area contributed by atoms with Gasteiger partial charge in [-0.3, -0.25) is 9.97 Å². The maximum atomic E-state index is 9.91. The van der Waals surface area contributed by atoms with Crippen LogP contribution in [0.3, 0.4) is 0 Å². The van der Waals surface area contributed by atoms with Gasteiger partial charge in [0.25, 0.3) is 0 Å². The first-order chi connectivity index (χ1) is 11.7. The first-order valence-corrected chi connectivity index (χ1v) is 7.51. The van der Waals surface area contributed by atoms with Crippen molar-refractivity contribution in [2.45, 2.75) is 49.1 Å². The molecule has 0 aliphatic rings. The molecule has 1 rings (SSSR count). The third-order valence-corrected chi connectivity index (χ3v) is 3.68. The van der Waals surface area contributed by atoms with E-state index in [9.17, 15) is 35.7 Å². The summed E-state index contributed by atoms with van der Waals surface area (Å²) < 4.78 is 0. The third-order valence-electron chi connectivity index (χ3n) is 3.68. The van der Waals surface area contributed by atoms with Gasteiger partial charge in [0, 0.05) is 12.6 Å². The van der Waals surface area contributed by atoms with Crippen LogP contribution in [0.1, 0.15) is 17.5 Å². The molecule has 0 saturated heterocycles. The molecule has 1 aromatic rings. The molecule has 25 heavy (non-hydrogen) atoms. The fourth-order valence-electron chi connectivity index (χ4n) is 2.02. The lowest BCUT2D eigenvalue weighted by molar-refractivity contribution is -0.117. The Labute approximate surface area is 143 Å². The number of hydrogen-bond donors (Lipinski definition) is 9. The molecule has 11 nitrogen and oxygen atoms in total. The van der Waals surface area contributed by atoms with E-state index in [4.69, 9.17) is 10.2 Å². The molecule has 7 atom stereocenters. The van der Waals surface area contributed by atoms with Gasteiger partial charge in [-0.2, -0.15) is 0 Å². The number of hydrogen-bond acceptors (Lipinski definition) is 11. The maximum Gasteiger partial charge on any atom is 0.126 e. The van der Waals surface area contributed by atoms with Crippen LogP contribution in [0.25, 0.3) is 0 Å². The predicted molar refractivity (Wildman–Crippen MR) is 80.9 cm³/mol. The Morgan fingerprint density at radius 1 is 0.680 bits per heavy atom. The topological polar surface area (TPSA) is 208 Å². The van der Waals surface area contributed by atoms with Crippen molar-refractivity contribution in [3.8, 4) is 0 Å². The second-order valence-electron chi connectivity index (χ2n) is 5.62. The molecule has 0 radical (unpaired) electrons. The summed E-state index contributed by atoms with van der Waals surface area (Å²) >= 11 is 0. The van der Waals surface area contributed by atoms with E-state index in [2.05, 4.69) is 9.97 Å². The number of aromatic nitrogens is 2. The molecular weight excluding hydrogens is 340 g/mol. The Hall–Kier alpha value is -1.28. The molecule has 1 aromatic heterocycles. The van der Waals surface area contributed by atoms with E-state index in [0.29, 0.717) is 0 Å². The normalized spacial score (nSPS) is 20.4. The first kappa shape index (κ1) is 21.8. The summed E-state index contributed by atoms with van der Waals surface area (Å²) in [4.78, 5) is 7.68. The summed E-state index contributed by atoms with van der Waals surface area (Å²) in [7, 11) is 0. The molecule has 0 unspecified atom stereocenters. The van der Waals surface area contributed by atoms with Crippen molar-refractivity contribution in [3.05, 3.63) is 23.8 Å². The van der Waals surface area contributed by atoms with Crippen molar-refractivity contribution < 1.29 is 46.0 Å². The van der Waals surface area contributed by atoms with E-state index >= 15 is 0 Å². The van der Waals surface area contributed by atoms with E-state index in [1.165, 1.54) is 0 Å². The Morgan fingerprint density at radius 2 is 1.24 bits per heavy atom. The van der Waals surface area contributed by atoms with E-state index < -0.39 is 55.9 Å². The summed E-state index contributed by atoms with van der Waals surface area (Å²) in [5, 5.41) is 84.5. The Morgan fingerprint density at radius 3 is 1.72 bits per heavy atom. The van der Waals surface area contributed by atoms with Gasteiger partial charge in [-0.25, -0.2) is 0 Å². The van der Waals surface area contributed by atoms with Gasteiger partial charge in [-0.15, -0.1) is 0 Å². The summed E-state index contributed by atoms with van der Waals surface area (Å²) in [6.07, 6.45) is -9.49. The zero-order valence-corrected chi connectivity index (χ0v) is 13.2. The van der Waals surface area contributed by atoms with Gasteiger partial charge in [0.2, 0.25) is 0 Å². The van der Waals surface area contributed by atoms with Crippen LogP contribution in [0.5, 0.6) is 0 Å². The molecule has 0 fully saturated rings. The van der Waals surface area contributed by atoms with Gasteiger partial charge >= 0.3 is 0 Å². The molecule has 0 amide bonds. The summed E-state index contributed by atoms with van der Waals surface area (Å²) in [5.74, 6) is 0. The second-order valence-corrected chi connectivity index (χ2v) is 5.62. The lowest BCUT2D eigenvalue weighted by Gasteiger charge is -2.25. The highest BCUT2D eigenvalue weighted by Gasteiger charge is 2.32. The molecular formula is C14H24N2O9. The van der Waals surface area contributed by atoms with Crippen molar-refractivity contribution >= 4 is 0 Å². The van der Waals surface area contributed by atoms with Crippen LogP contribution in [-0.4, -0.2) is 106 Å². The zero-order valence-electron chi connectivity index (χ0n) is 13.2. The van der Waals surface area contributed by atoms with E-state index in [0.717, 1.165) is 12.4 Å². The van der Waals surface area contributed by atoms with Gasteiger partial charge in [-0.1, -0.05) is 0 Å². The fourth-order valence-corrected chi connectivity index (χ4v) is 2.02. The zero-order chi connectivity index (χ0) is 19.1. The third kappa shape index (κ3) is 5.88. The highest BCUT2D eigenvalue weighted by Crippen LogP contribution is 2.18. The lowest BCUT2D eigenvalue weighted by atomic mass is 10.0. The van der Waals surface area contributed by atoms with Crippen LogP contribution in [-0.2, 0) is 6.42 Å². The van der Waals surface area contributed by atoms with Crippen LogP contribution in [0.2, 0.25) is 0 Å². The minimum Gasteiger partial charge on any atom is -0.394 e. The fraction of sp³-hybridized carbons (Fsp3) is 0.714. The Bertz CT molecular complexity index is 504. The minimum atomic E-state index is -1.82. The summed E-state index contributed by atoms with van der Waals surface area (Å²) in [5.41, 5.74) is 0.0592. The maximum absolute atomic E-state index is 9.91. The van der Waals surface area contributed by atoms with Crippen LogP contribution < -0.4 is 0 Å². The van der Waals surface area contributed by atoms with Gasteiger partial charge in [0.1, 0.15) is 36.6 Å². The van der Waals surface area contributed by atoms with Crippen molar-refractivity contribution in [1.82, 2.24) is 9.97 Å². The van der Waals surface area contributed by atoms with Crippen LogP contribution in [0, 0.1) is 0 Å². The molecule has 0 aliphatic carbocycles. The monoisotopic (exact) mass is 364 g/mol. The first-order valence-electron chi connectivity index (χ1n) is 7.51. The highest BCUT2D eigenvalue weighted by atomic mass is 16.4. The molecule has 9 N–H and O–H groups in total. The van der Waals surface area contributed by atoms with Gasteiger partial charge in [0.05, 0.1) is 36.9 Å². The summed E-state index contributed by atoms with van der Waals surface area (Å²) in [6, 6.07) is 0. The Balaban J connectivity index is 2.72. The van der Waals surface area contributed by atoms with E-state index in [1.54, 1.807) is 0 Å². The van der Waals surface area contributed by atoms with Crippen molar-refractivity contribution in [1.29, 1.82) is 0 Å². The minimum absolute atomic E-state index is 0.133. The van der Waals surface area contributed by atoms with E-state index in [1.807, 2.05) is 0 Å². The molecule has 0 spiro atoms. The largest absolute Gasteiger partial charge is 0.394 e. The van der Waals surface area contributed by atoms with Gasteiger partial charge in [0.15, 0.2) is 0 Å². The second kappa shape index (κ2) is 10.0. The summed E-state index contributed by atoms with van der Waals surface area (Å²) in [6.45, 7) is -1.54. The van der Waals surface area contributed by atoms with E-state index in [-0.39, 0.29) is 17.8 Å². The lowest BCUT2D eigenvalue weighted by Crippen LogP contribution is -2.43. The van der Waals surface area contributed by atoms with Gasteiger partial charge < -0.3 is 46.0 Å².